The molecule has 0 saturated heterocycles. The number of sulfone groups is 1. The second-order valence-electron chi connectivity index (χ2n) is 3.28. The number of hydrogen-bond acceptors (Lipinski definition) is 3. The Labute approximate surface area is 107 Å². The third kappa shape index (κ3) is 4.23. The van der Waals surface area contributed by atoms with Gasteiger partial charge >= 0.3 is 0 Å². The van der Waals surface area contributed by atoms with Crippen molar-refractivity contribution >= 4 is 25.8 Å². The Hall–Kier alpha value is -0.690. The van der Waals surface area contributed by atoms with Crippen LogP contribution in [0.2, 0.25) is 0 Å². The number of ether oxygens (including phenoxy) is 1. The Morgan fingerprint density at radius 2 is 2.00 bits per heavy atom. The third-order valence-electron chi connectivity index (χ3n) is 2.05. The minimum Gasteiger partial charge on any atom is -0.489 e. The zero-order chi connectivity index (χ0) is 13.1. The van der Waals surface area contributed by atoms with Crippen molar-refractivity contribution in [3.63, 3.8) is 0 Å². The summed E-state index contributed by atoms with van der Waals surface area (Å²) in [6.07, 6.45) is 0. The Balaban J connectivity index is 2.70. The molecule has 0 aliphatic heterocycles. The highest BCUT2D eigenvalue weighted by Gasteiger charge is 2.13. The molecular weight excluding hydrogens is 318 g/mol. The van der Waals surface area contributed by atoms with Gasteiger partial charge in [-0.2, -0.15) is 4.39 Å². The van der Waals surface area contributed by atoms with Gasteiger partial charge in [-0.1, -0.05) is 22.9 Å². The highest BCUT2D eigenvalue weighted by molar-refractivity contribution is 9.10. The molecule has 0 radical (unpaired) electrons. The van der Waals surface area contributed by atoms with Crippen molar-refractivity contribution in [2.45, 2.75) is 6.92 Å². The SMILES string of the molecule is CCS(=O)(=O)CCOc1cc(Br)cc(F)c1F. The van der Waals surface area contributed by atoms with Crippen LogP contribution < -0.4 is 4.74 Å². The van der Waals surface area contributed by atoms with E-state index < -0.39 is 21.5 Å². The van der Waals surface area contributed by atoms with Crippen LogP contribution in [0.5, 0.6) is 5.75 Å². The summed E-state index contributed by atoms with van der Waals surface area (Å²) in [5.74, 6) is -2.71. The average molecular weight is 329 g/mol. The van der Waals surface area contributed by atoms with Crippen molar-refractivity contribution < 1.29 is 21.9 Å². The van der Waals surface area contributed by atoms with E-state index in [9.17, 15) is 17.2 Å². The molecule has 1 aromatic rings. The van der Waals surface area contributed by atoms with Gasteiger partial charge in [-0.15, -0.1) is 0 Å². The fourth-order valence-corrected chi connectivity index (χ4v) is 2.10. The molecule has 0 heterocycles. The van der Waals surface area contributed by atoms with E-state index in [-0.39, 0.29) is 23.9 Å². The monoisotopic (exact) mass is 328 g/mol. The van der Waals surface area contributed by atoms with E-state index in [4.69, 9.17) is 4.74 Å². The van der Waals surface area contributed by atoms with Gasteiger partial charge in [-0.3, -0.25) is 0 Å². The normalized spacial score (nSPS) is 11.5. The van der Waals surface area contributed by atoms with Crippen LogP contribution in [0.3, 0.4) is 0 Å². The third-order valence-corrected chi connectivity index (χ3v) is 4.18. The first-order valence-corrected chi connectivity index (χ1v) is 7.45. The minimum atomic E-state index is -3.18. The number of benzene rings is 1. The summed E-state index contributed by atoms with van der Waals surface area (Å²) in [4.78, 5) is 0. The molecule has 0 aliphatic carbocycles. The first-order valence-electron chi connectivity index (χ1n) is 4.83. The molecule has 96 valence electrons. The van der Waals surface area contributed by atoms with Crippen molar-refractivity contribution in [3.8, 4) is 5.75 Å². The lowest BCUT2D eigenvalue weighted by Gasteiger charge is -2.08. The summed E-state index contributed by atoms with van der Waals surface area (Å²) < 4.78 is 53.7. The van der Waals surface area contributed by atoms with Gasteiger partial charge in [0.25, 0.3) is 0 Å². The fourth-order valence-electron chi connectivity index (χ4n) is 1.06. The Kier molecular flexibility index (Phi) is 4.88. The van der Waals surface area contributed by atoms with Crippen molar-refractivity contribution in [1.82, 2.24) is 0 Å². The number of halogens is 3. The first kappa shape index (κ1) is 14.4. The molecule has 0 aromatic heterocycles. The summed E-state index contributed by atoms with van der Waals surface area (Å²) in [6.45, 7) is 1.30. The van der Waals surface area contributed by atoms with Gasteiger partial charge in [0.2, 0.25) is 5.82 Å². The molecule has 0 spiro atoms. The summed E-state index contributed by atoms with van der Waals surface area (Å²) in [5.41, 5.74) is 0. The van der Waals surface area contributed by atoms with Gasteiger partial charge in [-0.05, 0) is 12.1 Å². The molecule has 3 nitrogen and oxygen atoms in total. The molecule has 0 N–H and O–H groups in total. The number of hydrogen-bond donors (Lipinski definition) is 0. The van der Waals surface area contributed by atoms with E-state index in [1.165, 1.54) is 13.0 Å². The molecule has 0 amide bonds. The molecule has 0 atom stereocenters. The summed E-state index contributed by atoms with van der Waals surface area (Å²) in [7, 11) is -3.18. The predicted molar refractivity (Wildman–Crippen MR) is 63.9 cm³/mol. The molecule has 0 aliphatic rings. The summed E-state index contributed by atoms with van der Waals surface area (Å²) >= 11 is 2.99. The van der Waals surface area contributed by atoms with E-state index in [0.717, 1.165) is 6.07 Å². The predicted octanol–water partition coefficient (Wildman–Crippen LogP) is 2.54. The van der Waals surface area contributed by atoms with Gasteiger partial charge in [-0.25, -0.2) is 12.8 Å². The first-order chi connectivity index (χ1) is 7.85. The van der Waals surface area contributed by atoms with Crippen molar-refractivity contribution in [2.75, 3.05) is 18.1 Å². The van der Waals surface area contributed by atoms with Crippen molar-refractivity contribution in [2.24, 2.45) is 0 Å². The molecular formula is C10H11BrF2O3S. The van der Waals surface area contributed by atoms with Crippen LogP contribution in [0.15, 0.2) is 16.6 Å². The maximum atomic E-state index is 13.2. The fraction of sp³-hybridized carbons (Fsp3) is 0.400. The molecule has 17 heavy (non-hydrogen) atoms. The maximum absolute atomic E-state index is 13.2. The molecule has 1 rings (SSSR count). The summed E-state index contributed by atoms with van der Waals surface area (Å²) in [5, 5.41) is 0. The number of rotatable bonds is 5. The maximum Gasteiger partial charge on any atom is 0.200 e. The average Bonchev–Trinajstić information content (AvgIpc) is 2.24. The molecule has 7 heteroatoms. The zero-order valence-corrected chi connectivity index (χ0v) is 11.4. The Morgan fingerprint density at radius 3 is 2.59 bits per heavy atom. The Bertz CT molecular complexity index is 503. The van der Waals surface area contributed by atoms with E-state index in [1.54, 1.807) is 0 Å². The molecule has 0 saturated carbocycles. The van der Waals surface area contributed by atoms with Crippen LogP contribution in [0.1, 0.15) is 6.92 Å². The van der Waals surface area contributed by atoms with Crippen LogP contribution in [0.4, 0.5) is 8.78 Å². The quantitative estimate of drug-likeness (QED) is 0.780. The van der Waals surface area contributed by atoms with E-state index in [0.29, 0.717) is 4.47 Å². The van der Waals surface area contributed by atoms with Crippen LogP contribution in [-0.4, -0.2) is 26.5 Å². The van der Waals surface area contributed by atoms with E-state index in [1.807, 2.05) is 0 Å². The van der Waals surface area contributed by atoms with Crippen LogP contribution in [0.25, 0.3) is 0 Å². The highest BCUT2D eigenvalue weighted by Crippen LogP contribution is 2.25. The second kappa shape index (κ2) is 5.77. The van der Waals surface area contributed by atoms with Crippen LogP contribution >= 0.6 is 15.9 Å². The molecule has 0 bridgehead atoms. The Morgan fingerprint density at radius 1 is 1.35 bits per heavy atom. The smallest absolute Gasteiger partial charge is 0.200 e. The zero-order valence-electron chi connectivity index (χ0n) is 9.04. The van der Waals surface area contributed by atoms with Crippen molar-refractivity contribution in [1.29, 1.82) is 0 Å². The van der Waals surface area contributed by atoms with Gasteiger partial charge < -0.3 is 4.74 Å². The van der Waals surface area contributed by atoms with Crippen LogP contribution in [0, 0.1) is 11.6 Å². The lowest BCUT2D eigenvalue weighted by atomic mass is 10.3. The minimum absolute atomic E-state index is 0.00825. The van der Waals surface area contributed by atoms with E-state index in [2.05, 4.69) is 15.9 Å². The lowest BCUT2D eigenvalue weighted by Crippen LogP contribution is -2.16. The topological polar surface area (TPSA) is 43.4 Å². The van der Waals surface area contributed by atoms with E-state index >= 15 is 0 Å². The largest absolute Gasteiger partial charge is 0.489 e. The van der Waals surface area contributed by atoms with Crippen molar-refractivity contribution in [3.05, 3.63) is 28.2 Å². The standard InChI is InChI=1S/C10H11BrF2O3S/c1-2-17(14,15)4-3-16-9-6-7(11)5-8(12)10(9)13/h5-6H,2-4H2,1H3. The summed E-state index contributed by atoms with van der Waals surface area (Å²) in [6, 6.07) is 2.21. The molecule has 1 aromatic carbocycles. The molecule has 0 unspecified atom stereocenters. The van der Waals surface area contributed by atoms with Gasteiger partial charge in [0.05, 0.1) is 5.75 Å². The second-order valence-corrected chi connectivity index (χ2v) is 6.67. The van der Waals surface area contributed by atoms with Gasteiger partial charge in [0.1, 0.15) is 6.61 Å². The van der Waals surface area contributed by atoms with Crippen LogP contribution in [-0.2, 0) is 9.84 Å². The lowest BCUT2D eigenvalue weighted by molar-refractivity contribution is 0.314. The van der Waals surface area contributed by atoms with Gasteiger partial charge in [0, 0.05) is 10.2 Å². The van der Waals surface area contributed by atoms with Gasteiger partial charge in [0.15, 0.2) is 21.4 Å². The molecule has 0 fully saturated rings. The highest BCUT2D eigenvalue weighted by atomic mass is 79.9.